The predicted octanol–water partition coefficient (Wildman–Crippen LogP) is 1.36. The number of hydrogen-bond acceptors (Lipinski definition) is 4. The van der Waals surface area contributed by atoms with Gasteiger partial charge in [0.1, 0.15) is 0 Å². The van der Waals surface area contributed by atoms with Crippen molar-refractivity contribution in [3.63, 3.8) is 0 Å². The van der Waals surface area contributed by atoms with E-state index in [0.29, 0.717) is 0 Å². The average Bonchev–Trinajstić information content (AvgIpc) is 2.94. The van der Waals surface area contributed by atoms with Gasteiger partial charge in [-0.15, -0.1) is 0 Å². The maximum absolute atomic E-state index is 13.6. The molecule has 0 spiro atoms. The van der Waals surface area contributed by atoms with Gasteiger partial charge in [-0.3, -0.25) is 4.79 Å². The fraction of sp³-hybridized carbons (Fsp3) is 0.417. The summed E-state index contributed by atoms with van der Waals surface area (Å²) in [5, 5.41) is 2.91. The van der Waals surface area contributed by atoms with E-state index in [0.717, 1.165) is 12.6 Å². The Morgan fingerprint density at radius 1 is 1.47 bits per heavy atom. The zero-order valence-corrected chi connectivity index (χ0v) is 10.6. The van der Waals surface area contributed by atoms with Gasteiger partial charge >= 0.3 is 0 Å². The average molecular weight is 283 g/mol. The van der Waals surface area contributed by atoms with Crippen LogP contribution in [0.3, 0.4) is 0 Å². The summed E-state index contributed by atoms with van der Waals surface area (Å²) in [5.41, 5.74) is 5.43. The number of hydrogen-bond donors (Lipinski definition) is 2. The lowest BCUT2D eigenvalue weighted by atomic mass is 9.88. The highest BCUT2D eigenvalue weighted by Crippen LogP contribution is 2.44. The number of nitrogens with one attached hydrogen (secondary N) is 1. The van der Waals surface area contributed by atoms with Gasteiger partial charge < -0.3 is 11.1 Å². The van der Waals surface area contributed by atoms with E-state index in [1.165, 1.54) is 0 Å². The Morgan fingerprint density at radius 3 is 2.95 bits per heavy atom. The molecule has 1 aromatic rings. The first-order valence-corrected chi connectivity index (χ1v) is 6.36. The van der Waals surface area contributed by atoms with E-state index in [4.69, 9.17) is 17.3 Å². The molecule has 1 aromatic heterocycles. The lowest BCUT2D eigenvalue weighted by Crippen LogP contribution is -2.41. The first kappa shape index (κ1) is 12.3. The van der Waals surface area contributed by atoms with Gasteiger partial charge in [-0.2, -0.15) is 4.98 Å². The van der Waals surface area contributed by atoms with Crippen LogP contribution in [-0.4, -0.2) is 21.9 Å². The fourth-order valence-electron chi connectivity index (χ4n) is 3.01. The summed E-state index contributed by atoms with van der Waals surface area (Å²) >= 11 is 5.65. The predicted molar refractivity (Wildman–Crippen MR) is 67.8 cm³/mol. The third-order valence-electron chi connectivity index (χ3n) is 3.81. The van der Waals surface area contributed by atoms with Crippen LogP contribution in [-0.2, 0) is 4.79 Å². The van der Waals surface area contributed by atoms with Crippen molar-refractivity contribution in [3.05, 3.63) is 29.4 Å². The van der Waals surface area contributed by atoms with Crippen LogP contribution in [0.1, 0.15) is 6.42 Å². The summed E-state index contributed by atoms with van der Waals surface area (Å²) in [6, 6.07) is -0.243. The van der Waals surface area contributed by atoms with Crippen molar-refractivity contribution in [2.45, 2.75) is 12.5 Å². The Labute approximate surface area is 114 Å². The van der Waals surface area contributed by atoms with Crippen LogP contribution in [0.5, 0.6) is 0 Å². The first-order valence-electron chi connectivity index (χ1n) is 5.98. The molecular formula is C12H12ClFN4O. The van der Waals surface area contributed by atoms with Gasteiger partial charge in [0.15, 0.2) is 11.6 Å². The largest absolute Gasteiger partial charge is 0.369 e. The second-order valence-electron chi connectivity index (χ2n) is 4.88. The molecule has 2 aliphatic carbocycles. The maximum atomic E-state index is 13.6. The Bertz CT molecular complexity index is 565. The Hall–Kier alpha value is -1.69. The van der Waals surface area contributed by atoms with E-state index in [1.807, 2.05) is 12.2 Å². The number of fused-ring (bicyclic) bond motifs is 2. The number of carbonyl (C=O) groups excluding carboxylic acids is 1. The molecule has 5 nitrogen and oxygen atoms in total. The van der Waals surface area contributed by atoms with Crippen LogP contribution in [0.25, 0.3) is 0 Å². The number of rotatable bonds is 3. The lowest BCUT2D eigenvalue weighted by molar-refractivity contribution is -0.122. The Kier molecular flexibility index (Phi) is 2.89. The second-order valence-corrected chi connectivity index (χ2v) is 5.22. The number of aromatic nitrogens is 2. The molecule has 100 valence electrons. The molecular weight excluding hydrogens is 271 g/mol. The van der Waals surface area contributed by atoms with Gasteiger partial charge in [0.05, 0.1) is 12.1 Å². The van der Waals surface area contributed by atoms with E-state index < -0.39 is 5.82 Å². The number of anilines is 1. The molecule has 2 unspecified atom stereocenters. The molecule has 0 aromatic carbocycles. The second kappa shape index (κ2) is 4.45. The molecule has 7 heteroatoms. The quantitative estimate of drug-likeness (QED) is 0.648. The molecule has 1 heterocycles. The van der Waals surface area contributed by atoms with Gasteiger partial charge in [-0.25, -0.2) is 9.37 Å². The highest BCUT2D eigenvalue weighted by Gasteiger charge is 2.47. The number of allylic oxidation sites excluding steroid dienone is 1. The van der Waals surface area contributed by atoms with Crippen LogP contribution < -0.4 is 11.1 Å². The van der Waals surface area contributed by atoms with Crippen molar-refractivity contribution >= 4 is 23.3 Å². The molecule has 0 aliphatic heterocycles. The van der Waals surface area contributed by atoms with Crippen molar-refractivity contribution in [1.29, 1.82) is 0 Å². The fourth-order valence-corrected chi connectivity index (χ4v) is 3.14. The minimum atomic E-state index is -0.598. The number of amides is 1. The minimum Gasteiger partial charge on any atom is -0.369 e. The van der Waals surface area contributed by atoms with Crippen molar-refractivity contribution in [1.82, 2.24) is 9.97 Å². The Balaban J connectivity index is 1.88. The van der Waals surface area contributed by atoms with Gasteiger partial charge in [-0.05, 0) is 29.9 Å². The monoisotopic (exact) mass is 282 g/mol. The normalized spacial score (nSPS) is 31.7. The summed E-state index contributed by atoms with van der Waals surface area (Å²) in [7, 11) is 0. The molecule has 0 saturated heterocycles. The minimum absolute atomic E-state index is 0.0113. The molecule has 1 amide bonds. The summed E-state index contributed by atoms with van der Waals surface area (Å²) in [4.78, 5) is 18.9. The molecule has 1 fully saturated rings. The van der Waals surface area contributed by atoms with Crippen LogP contribution in [0, 0.1) is 23.6 Å². The van der Waals surface area contributed by atoms with Crippen LogP contribution in [0.15, 0.2) is 18.3 Å². The smallest absolute Gasteiger partial charge is 0.224 e. The standard InChI is InChI=1S/C12H12ClFN4O/c13-12-16-4-7(14)11(18-12)17-9-6-2-1-5(3-6)8(9)10(15)19/h1-2,4-6,8-9H,3H2,(H2,15,19)(H,16,17,18)/t5-,6+,8?,9?/m1/s1. The zero-order chi connectivity index (χ0) is 13.6. The van der Waals surface area contributed by atoms with E-state index in [-0.39, 0.29) is 40.8 Å². The van der Waals surface area contributed by atoms with Crippen molar-refractivity contribution < 1.29 is 9.18 Å². The summed E-state index contributed by atoms with van der Waals surface area (Å²) in [5.74, 6) is -1.02. The number of nitrogens with zero attached hydrogens (tertiary/aromatic N) is 2. The topological polar surface area (TPSA) is 80.9 Å². The molecule has 2 bridgehead atoms. The van der Waals surface area contributed by atoms with E-state index in [1.54, 1.807) is 0 Å². The van der Waals surface area contributed by atoms with Crippen LogP contribution in [0.4, 0.5) is 10.2 Å². The van der Waals surface area contributed by atoms with Crippen molar-refractivity contribution in [3.8, 4) is 0 Å². The number of halogens is 2. The van der Waals surface area contributed by atoms with Crippen molar-refractivity contribution in [2.24, 2.45) is 23.5 Å². The van der Waals surface area contributed by atoms with Gasteiger partial charge in [0.25, 0.3) is 0 Å². The van der Waals surface area contributed by atoms with Crippen LogP contribution in [0.2, 0.25) is 5.28 Å². The van der Waals surface area contributed by atoms with E-state index in [9.17, 15) is 9.18 Å². The molecule has 3 rings (SSSR count). The first-order chi connectivity index (χ1) is 9.06. The van der Waals surface area contributed by atoms with Gasteiger partial charge in [0, 0.05) is 6.04 Å². The molecule has 4 atom stereocenters. The summed E-state index contributed by atoms with van der Waals surface area (Å²) in [6.07, 6.45) is 5.88. The molecule has 2 aliphatic rings. The highest BCUT2D eigenvalue weighted by molar-refractivity contribution is 6.28. The SMILES string of the molecule is NC(=O)C1C(Nc2nc(Cl)ncc2F)[C@H]2C=C[C@@H]1C2. The van der Waals surface area contributed by atoms with Gasteiger partial charge in [0.2, 0.25) is 11.2 Å². The molecule has 19 heavy (non-hydrogen) atoms. The summed E-state index contributed by atoms with van der Waals surface area (Å²) < 4.78 is 13.6. The third-order valence-corrected chi connectivity index (χ3v) is 3.99. The van der Waals surface area contributed by atoms with Crippen molar-refractivity contribution in [2.75, 3.05) is 5.32 Å². The van der Waals surface area contributed by atoms with E-state index in [2.05, 4.69) is 15.3 Å². The third kappa shape index (κ3) is 2.06. The number of nitrogens with two attached hydrogens (primary N) is 1. The molecule has 3 N–H and O–H groups in total. The lowest BCUT2D eigenvalue weighted by Gasteiger charge is -2.27. The maximum Gasteiger partial charge on any atom is 0.224 e. The number of carbonyl (C=O) groups is 1. The van der Waals surface area contributed by atoms with Crippen LogP contribution >= 0.6 is 11.6 Å². The molecule has 0 radical (unpaired) electrons. The highest BCUT2D eigenvalue weighted by atomic mass is 35.5. The zero-order valence-electron chi connectivity index (χ0n) is 9.88. The van der Waals surface area contributed by atoms with Gasteiger partial charge in [-0.1, -0.05) is 12.2 Å². The number of primary amides is 1. The Morgan fingerprint density at radius 2 is 2.21 bits per heavy atom. The van der Waals surface area contributed by atoms with E-state index >= 15 is 0 Å². The summed E-state index contributed by atoms with van der Waals surface area (Å²) in [6.45, 7) is 0. The molecule has 1 saturated carbocycles.